The van der Waals surface area contributed by atoms with E-state index < -0.39 is 0 Å². The Balaban J connectivity index is 1.91. The van der Waals surface area contributed by atoms with Crippen molar-refractivity contribution < 1.29 is 9.53 Å². The summed E-state index contributed by atoms with van der Waals surface area (Å²) in [5.74, 6) is 1.13. The Bertz CT molecular complexity index is 466. The van der Waals surface area contributed by atoms with Crippen LogP contribution in [-0.2, 0) is 11.2 Å². The van der Waals surface area contributed by atoms with Crippen LogP contribution < -0.4 is 10.1 Å². The molecule has 1 amide bonds. The molecular formula is C18H28N2O2. The fourth-order valence-electron chi connectivity index (χ4n) is 3.21. The molecule has 22 heavy (non-hydrogen) atoms. The van der Waals surface area contributed by atoms with E-state index in [1.807, 2.05) is 17.0 Å². The molecule has 1 aliphatic rings. The van der Waals surface area contributed by atoms with Crippen LogP contribution in [0.2, 0.25) is 0 Å². The maximum atomic E-state index is 12.5. The maximum absolute atomic E-state index is 12.5. The van der Waals surface area contributed by atoms with Crippen LogP contribution in [0, 0.1) is 0 Å². The Morgan fingerprint density at radius 1 is 1.41 bits per heavy atom. The summed E-state index contributed by atoms with van der Waals surface area (Å²) in [6, 6.07) is 8.69. The van der Waals surface area contributed by atoms with Crippen molar-refractivity contribution in [2.45, 2.75) is 51.6 Å². The predicted octanol–water partition coefficient (Wildman–Crippen LogP) is 2.62. The van der Waals surface area contributed by atoms with Crippen LogP contribution in [-0.4, -0.2) is 43.1 Å². The van der Waals surface area contributed by atoms with Gasteiger partial charge in [0, 0.05) is 25.0 Å². The molecule has 0 aromatic heterocycles. The first-order chi connectivity index (χ1) is 10.6. The molecule has 2 rings (SSSR count). The van der Waals surface area contributed by atoms with E-state index in [1.54, 1.807) is 7.11 Å². The number of hydrogen-bond acceptors (Lipinski definition) is 3. The number of methoxy groups -OCH3 is 1. The van der Waals surface area contributed by atoms with Crippen LogP contribution in [0.5, 0.6) is 5.75 Å². The molecule has 0 saturated carbocycles. The second-order valence-corrected chi connectivity index (χ2v) is 6.08. The SMILES string of the molecule is CCN(C(=O)CC1CCCN1)C(C)Cc1ccc(OC)cc1. The van der Waals surface area contributed by atoms with E-state index in [2.05, 4.69) is 31.3 Å². The molecule has 1 heterocycles. The molecule has 1 saturated heterocycles. The number of hydrogen-bond donors (Lipinski definition) is 1. The number of nitrogens with zero attached hydrogens (tertiary/aromatic N) is 1. The van der Waals surface area contributed by atoms with Crippen molar-refractivity contribution in [1.82, 2.24) is 10.2 Å². The minimum atomic E-state index is 0.215. The largest absolute Gasteiger partial charge is 0.497 e. The third-order valence-electron chi connectivity index (χ3n) is 4.47. The molecule has 4 nitrogen and oxygen atoms in total. The zero-order valence-corrected chi connectivity index (χ0v) is 14.0. The van der Waals surface area contributed by atoms with E-state index in [0.717, 1.165) is 31.7 Å². The summed E-state index contributed by atoms with van der Waals surface area (Å²) in [7, 11) is 1.67. The minimum absolute atomic E-state index is 0.215. The Kier molecular flexibility index (Phi) is 6.25. The Morgan fingerprint density at radius 2 is 2.14 bits per heavy atom. The number of benzene rings is 1. The quantitative estimate of drug-likeness (QED) is 0.842. The second-order valence-electron chi connectivity index (χ2n) is 6.08. The normalized spacial score (nSPS) is 19.0. The lowest BCUT2D eigenvalue weighted by molar-refractivity contribution is -0.133. The van der Waals surface area contributed by atoms with Crippen molar-refractivity contribution in [1.29, 1.82) is 0 Å². The van der Waals surface area contributed by atoms with Gasteiger partial charge in [0.15, 0.2) is 0 Å². The summed E-state index contributed by atoms with van der Waals surface area (Å²) in [5.41, 5.74) is 1.23. The summed E-state index contributed by atoms with van der Waals surface area (Å²) < 4.78 is 5.18. The van der Waals surface area contributed by atoms with Crippen molar-refractivity contribution in [2.24, 2.45) is 0 Å². The van der Waals surface area contributed by atoms with Gasteiger partial charge in [0.25, 0.3) is 0 Å². The molecule has 1 aromatic carbocycles. The van der Waals surface area contributed by atoms with Crippen molar-refractivity contribution in [2.75, 3.05) is 20.2 Å². The van der Waals surface area contributed by atoms with E-state index in [4.69, 9.17) is 4.74 Å². The van der Waals surface area contributed by atoms with Gasteiger partial charge in [-0.2, -0.15) is 0 Å². The van der Waals surface area contributed by atoms with Crippen molar-refractivity contribution in [3.63, 3.8) is 0 Å². The Morgan fingerprint density at radius 3 is 2.68 bits per heavy atom. The van der Waals surface area contributed by atoms with Gasteiger partial charge in [-0.1, -0.05) is 12.1 Å². The standard InChI is InChI=1S/C18H28N2O2/c1-4-20(18(21)13-16-6-5-11-19-16)14(2)12-15-7-9-17(22-3)10-8-15/h7-10,14,16,19H,4-6,11-13H2,1-3H3. The molecule has 1 aromatic rings. The van der Waals surface area contributed by atoms with E-state index >= 15 is 0 Å². The highest BCUT2D eigenvalue weighted by atomic mass is 16.5. The molecule has 4 heteroatoms. The van der Waals surface area contributed by atoms with Gasteiger partial charge in [0.2, 0.25) is 5.91 Å². The Labute approximate surface area is 133 Å². The topological polar surface area (TPSA) is 41.6 Å². The van der Waals surface area contributed by atoms with E-state index in [9.17, 15) is 4.79 Å². The number of nitrogens with one attached hydrogen (secondary N) is 1. The number of rotatable bonds is 7. The van der Waals surface area contributed by atoms with Gasteiger partial charge >= 0.3 is 0 Å². The molecule has 1 aliphatic heterocycles. The van der Waals surface area contributed by atoms with Gasteiger partial charge in [0.1, 0.15) is 5.75 Å². The smallest absolute Gasteiger partial charge is 0.224 e. The third-order valence-corrected chi connectivity index (χ3v) is 4.47. The summed E-state index contributed by atoms with van der Waals surface area (Å²) in [5, 5.41) is 3.41. The molecular weight excluding hydrogens is 276 g/mol. The first-order valence-electron chi connectivity index (χ1n) is 8.29. The zero-order valence-electron chi connectivity index (χ0n) is 14.0. The number of carbonyl (C=O) groups is 1. The van der Waals surface area contributed by atoms with Gasteiger partial charge in [-0.05, 0) is 57.4 Å². The highest BCUT2D eigenvalue weighted by molar-refractivity contribution is 5.77. The first kappa shape index (κ1) is 16.8. The molecule has 0 radical (unpaired) electrons. The third kappa shape index (κ3) is 4.47. The molecule has 122 valence electrons. The van der Waals surface area contributed by atoms with E-state index in [0.29, 0.717) is 12.5 Å². The maximum Gasteiger partial charge on any atom is 0.224 e. The fraction of sp³-hybridized carbons (Fsp3) is 0.611. The number of ether oxygens (including phenoxy) is 1. The number of likely N-dealkylation sites (N-methyl/N-ethyl adjacent to an activating group) is 1. The number of carbonyl (C=O) groups excluding carboxylic acids is 1. The molecule has 1 N–H and O–H groups in total. The van der Waals surface area contributed by atoms with Gasteiger partial charge in [-0.25, -0.2) is 0 Å². The number of amides is 1. The highest BCUT2D eigenvalue weighted by Gasteiger charge is 2.23. The molecule has 0 aliphatic carbocycles. The summed E-state index contributed by atoms with van der Waals surface area (Å²) in [4.78, 5) is 14.5. The average molecular weight is 304 g/mol. The zero-order chi connectivity index (χ0) is 15.9. The van der Waals surface area contributed by atoms with Gasteiger partial charge in [-0.15, -0.1) is 0 Å². The molecule has 0 spiro atoms. The summed E-state index contributed by atoms with van der Waals surface area (Å²) in [6.45, 7) is 6.01. The monoisotopic (exact) mass is 304 g/mol. The summed E-state index contributed by atoms with van der Waals surface area (Å²) in [6.07, 6.45) is 3.81. The van der Waals surface area contributed by atoms with Crippen LogP contribution in [0.3, 0.4) is 0 Å². The van der Waals surface area contributed by atoms with E-state index in [1.165, 1.54) is 12.0 Å². The molecule has 1 fully saturated rings. The van der Waals surface area contributed by atoms with Crippen LogP contribution >= 0.6 is 0 Å². The van der Waals surface area contributed by atoms with Crippen molar-refractivity contribution >= 4 is 5.91 Å². The first-order valence-corrected chi connectivity index (χ1v) is 8.29. The molecule has 2 unspecified atom stereocenters. The van der Waals surface area contributed by atoms with Crippen LogP contribution in [0.25, 0.3) is 0 Å². The second kappa shape index (κ2) is 8.18. The Hall–Kier alpha value is -1.55. The van der Waals surface area contributed by atoms with Crippen LogP contribution in [0.1, 0.15) is 38.7 Å². The van der Waals surface area contributed by atoms with Crippen LogP contribution in [0.15, 0.2) is 24.3 Å². The van der Waals surface area contributed by atoms with Crippen LogP contribution in [0.4, 0.5) is 0 Å². The lowest BCUT2D eigenvalue weighted by Gasteiger charge is -2.29. The molecule has 2 atom stereocenters. The average Bonchev–Trinajstić information content (AvgIpc) is 3.01. The van der Waals surface area contributed by atoms with Crippen molar-refractivity contribution in [3.05, 3.63) is 29.8 Å². The lowest BCUT2D eigenvalue weighted by atomic mass is 10.0. The lowest BCUT2D eigenvalue weighted by Crippen LogP contribution is -2.42. The van der Waals surface area contributed by atoms with Gasteiger partial charge < -0.3 is 15.0 Å². The molecule has 0 bridgehead atoms. The highest BCUT2D eigenvalue weighted by Crippen LogP contribution is 2.16. The van der Waals surface area contributed by atoms with Crippen molar-refractivity contribution in [3.8, 4) is 5.75 Å². The van der Waals surface area contributed by atoms with Gasteiger partial charge in [0.05, 0.1) is 7.11 Å². The fourth-order valence-corrected chi connectivity index (χ4v) is 3.21. The summed E-state index contributed by atoms with van der Waals surface area (Å²) >= 11 is 0. The van der Waals surface area contributed by atoms with Gasteiger partial charge in [-0.3, -0.25) is 4.79 Å². The predicted molar refractivity (Wildman–Crippen MR) is 89.2 cm³/mol. The minimum Gasteiger partial charge on any atom is -0.497 e. The van der Waals surface area contributed by atoms with E-state index in [-0.39, 0.29) is 11.9 Å².